The van der Waals surface area contributed by atoms with Gasteiger partial charge in [0.2, 0.25) is 0 Å². The van der Waals surface area contributed by atoms with Crippen LogP contribution in [0.2, 0.25) is 10.0 Å². The quantitative estimate of drug-likeness (QED) is 0.770. The second-order valence-electron chi connectivity index (χ2n) is 4.09. The normalized spacial score (nSPS) is 10.8. The maximum absolute atomic E-state index is 6.10. The molecule has 0 fully saturated rings. The van der Waals surface area contributed by atoms with Crippen LogP contribution in [0.4, 0.5) is 5.69 Å². The minimum absolute atomic E-state index is 0.458. The van der Waals surface area contributed by atoms with E-state index >= 15 is 0 Å². The molecule has 4 nitrogen and oxygen atoms in total. The summed E-state index contributed by atoms with van der Waals surface area (Å²) >= 11 is 12.0. The van der Waals surface area contributed by atoms with Crippen molar-refractivity contribution in [3.05, 3.63) is 52.5 Å². The van der Waals surface area contributed by atoms with Crippen molar-refractivity contribution in [3.8, 4) is 0 Å². The molecule has 0 saturated carbocycles. The van der Waals surface area contributed by atoms with Gasteiger partial charge in [-0.3, -0.25) is 4.98 Å². The van der Waals surface area contributed by atoms with Crippen LogP contribution in [0.25, 0.3) is 11.0 Å². The largest absolute Gasteiger partial charge is 0.380 e. The predicted octanol–water partition coefficient (Wildman–Crippen LogP) is 3.88. The zero-order chi connectivity index (χ0) is 13.2. The van der Waals surface area contributed by atoms with Crippen molar-refractivity contribution in [1.82, 2.24) is 15.0 Å². The third-order valence-electron chi connectivity index (χ3n) is 2.79. The van der Waals surface area contributed by atoms with Gasteiger partial charge in [-0.05, 0) is 12.1 Å². The first-order valence-corrected chi connectivity index (χ1v) is 6.44. The van der Waals surface area contributed by atoms with Gasteiger partial charge < -0.3 is 10.3 Å². The van der Waals surface area contributed by atoms with Crippen LogP contribution < -0.4 is 5.32 Å². The molecular weight excluding hydrogens is 283 g/mol. The number of anilines is 1. The summed E-state index contributed by atoms with van der Waals surface area (Å²) in [4.78, 5) is 11.4. The van der Waals surface area contributed by atoms with E-state index in [4.69, 9.17) is 23.2 Å². The molecular formula is C13H10Cl2N4. The molecule has 0 aromatic carbocycles. The average molecular weight is 293 g/mol. The maximum atomic E-state index is 6.10. The van der Waals surface area contributed by atoms with Gasteiger partial charge in [0.15, 0.2) is 0 Å². The molecule has 3 aromatic rings. The van der Waals surface area contributed by atoms with Crippen molar-refractivity contribution >= 4 is 39.9 Å². The lowest BCUT2D eigenvalue weighted by molar-refractivity contribution is 1.11. The molecule has 3 heterocycles. The Kier molecular flexibility index (Phi) is 3.27. The first-order valence-electron chi connectivity index (χ1n) is 5.69. The number of nitrogens with one attached hydrogen (secondary N) is 2. The molecule has 6 heteroatoms. The van der Waals surface area contributed by atoms with Gasteiger partial charge in [-0.25, -0.2) is 4.98 Å². The van der Waals surface area contributed by atoms with E-state index < -0.39 is 0 Å². The molecule has 0 bridgehead atoms. The number of hydrogen-bond acceptors (Lipinski definition) is 3. The van der Waals surface area contributed by atoms with Gasteiger partial charge in [0, 0.05) is 36.1 Å². The fraction of sp³-hybridized carbons (Fsp3) is 0.0769. The Bertz CT molecular complexity index is 723. The van der Waals surface area contributed by atoms with Gasteiger partial charge in [0.25, 0.3) is 0 Å². The second kappa shape index (κ2) is 5.07. The summed E-state index contributed by atoms with van der Waals surface area (Å²) in [6, 6.07) is 3.99. The zero-order valence-corrected chi connectivity index (χ0v) is 11.3. The molecule has 0 aliphatic rings. The Morgan fingerprint density at radius 1 is 1.21 bits per heavy atom. The number of nitrogens with zero attached hydrogens (tertiary/aromatic N) is 2. The highest BCUT2D eigenvalue weighted by Crippen LogP contribution is 2.25. The Labute approximate surface area is 119 Å². The smallest absolute Gasteiger partial charge is 0.137 e. The second-order valence-corrected chi connectivity index (χ2v) is 4.87. The highest BCUT2D eigenvalue weighted by atomic mass is 35.5. The number of aromatic amines is 1. The summed E-state index contributed by atoms with van der Waals surface area (Å²) in [5.41, 5.74) is 2.64. The highest BCUT2D eigenvalue weighted by molar-refractivity contribution is 6.42. The lowest BCUT2D eigenvalue weighted by Crippen LogP contribution is -2.01. The van der Waals surface area contributed by atoms with E-state index in [0.717, 1.165) is 22.3 Å². The molecule has 96 valence electrons. The molecule has 0 amide bonds. The Balaban J connectivity index is 1.80. The van der Waals surface area contributed by atoms with Crippen molar-refractivity contribution in [3.63, 3.8) is 0 Å². The Morgan fingerprint density at radius 3 is 3.00 bits per heavy atom. The monoisotopic (exact) mass is 292 g/mol. The molecule has 2 N–H and O–H groups in total. The summed E-state index contributed by atoms with van der Waals surface area (Å²) in [6.07, 6.45) is 6.86. The summed E-state index contributed by atoms with van der Waals surface area (Å²) in [5, 5.41) is 5.29. The lowest BCUT2D eigenvalue weighted by atomic mass is 10.2. The number of H-pyrrole nitrogens is 1. The van der Waals surface area contributed by atoms with Crippen LogP contribution >= 0.6 is 23.2 Å². The minimum Gasteiger partial charge on any atom is -0.380 e. The molecule has 0 unspecified atom stereocenters. The van der Waals surface area contributed by atoms with E-state index in [0.29, 0.717) is 16.6 Å². The van der Waals surface area contributed by atoms with E-state index in [-0.39, 0.29) is 0 Å². The van der Waals surface area contributed by atoms with E-state index in [1.54, 1.807) is 12.4 Å². The molecule has 0 radical (unpaired) electrons. The van der Waals surface area contributed by atoms with E-state index in [2.05, 4.69) is 20.3 Å². The van der Waals surface area contributed by atoms with Crippen molar-refractivity contribution in [2.45, 2.75) is 6.54 Å². The highest BCUT2D eigenvalue weighted by Gasteiger charge is 2.05. The lowest BCUT2D eigenvalue weighted by Gasteiger charge is -2.08. The molecule has 0 spiro atoms. The summed E-state index contributed by atoms with van der Waals surface area (Å²) < 4.78 is 0. The molecule has 19 heavy (non-hydrogen) atoms. The SMILES string of the molecule is Clc1cncc(CNc2cnc3[nH]ccc3c2)c1Cl. The number of aromatic nitrogens is 3. The van der Waals surface area contributed by atoms with Gasteiger partial charge in [0.1, 0.15) is 5.65 Å². The maximum Gasteiger partial charge on any atom is 0.137 e. The topological polar surface area (TPSA) is 53.6 Å². The minimum atomic E-state index is 0.458. The predicted molar refractivity (Wildman–Crippen MR) is 77.7 cm³/mol. The third-order valence-corrected chi connectivity index (χ3v) is 3.62. The first kappa shape index (κ1) is 12.3. The van der Waals surface area contributed by atoms with Gasteiger partial charge >= 0.3 is 0 Å². The third kappa shape index (κ3) is 2.50. The molecule has 3 rings (SSSR count). The summed E-state index contributed by atoms with van der Waals surface area (Å²) in [6.45, 7) is 0.546. The van der Waals surface area contributed by atoms with E-state index in [9.17, 15) is 0 Å². The summed E-state index contributed by atoms with van der Waals surface area (Å²) in [5.74, 6) is 0. The Hall–Kier alpha value is -1.78. The van der Waals surface area contributed by atoms with Crippen molar-refractivity contribution in [2.24, 2.45) is 0 Å². The molecule has 0 atom stereocenters. The molecule has 3 aromatic heterocycles. The van der Waals surface area contributed by atoms with Gasteiger partial charge in [-0.2, -0.15) is 0 Å². The van der Waals surface area contributed by atoms with Crippen molar-refractivity contribution < 1.29 is 0 Å². The fourth-order valence-corrected chi connectivity index (χ4v) is 2.16. The Morgan fingerprint density at radius 2 is 2.11 bits per heavy atom. The van der Waals surface area contributed by atoms with Crippen LogP contribution in [0.3, 0.4) is 0 Å². The average Bonchev–Trinajstić information content (AvgIpc) is 2.88. The first-order chi connectivity index (χ1) is 9.24. The molecule has 0 saturated heterocycles. The van der Waals surface area contributed by atoms with Crippen LogP contribution in [-0.2, 0) is 6.54 Å². The van der Waals surface area contributed by atoms with Crippen molar-refractivity contribution in [2.75, 3.05) is 5.32 Å². The van der Waals surface area contributed by atoms with Crippen LogP contribution in [0, 0.1) is 0 Å². The van der Waals surface area contributed by atoms with E-state index in [1.165, 1.54) is 6.20 Å². The number of fused-ring (bicyclic) bond motifs is 1. The van der Waals surface area contributed by atoms with Gasteiger partial charge in [-0.1, -0.05) is 23.2 Å². The van der Waals surface area contributed by atoms with Gasteiger partial charge in [-0.15, -0.1) is 0 Å². The number of hydrogen-bond donors (Lipinski definition) is 2. The molecule has 0 aliphatic heterocycles. The standard InChI is InChI=1S/C13H10Cl2N4/c14-11-7-16-4-9(12(11)15)5-18-10-3-8-1-2-17-13(8)19-6-10/h1-4,6-7,18H,5H2,(H,17,19). The number of rotatable bonds is 3. The van der Waals surface area contributed by atoms with Crippen LogP contribution in [-0.4, -0.2) is 15.0 Å². The molecule has 0 aliphatic carbocycles. The zero-order valence-electron chi connectivity index (χ0n) is 9.82. The van der Waals surface area contributed by atoms with Crippen LogP contribution in [0.5, 0.6) is 0 Å². The number of pyridine rings is 2. The van der Waals surface area contributed by atoms with Crippen molar-refractivity contribution in [1.29, 1.82) is 0 Å². The van der Waals surface area contributed by atoms with Crippen LogP contribution in [0.1, 0.15) is 5.56 Å². The van der Waals surface area contributed by atoms with E-state index in [1.807, 2.05) is 18.3 Å². The summed E-state index contributed by atoms with van der Waals surface area (Å²) in [7, 11) is 0. The van der Waals surface area contributed by atoms with Gasteiger partial charge in [0.05, 0.1) is 21.9 Å². The fourth-order valence-electron chi connectivity index (χ4n) is 1.82. The number of halogens is 2. The van der Waals surface area contributed by atoms with Crippen LogP contribution in [0.15, 0.2) is 36.9 Å².